The number of carbonyl (C=O) groups is 1. The highest BCUT2D eigenvalue weighted by Gasteiger charge is 2.12. The third-order valence-electron chi connectivity index (χ3n) is 2.99. The predicted molar refractivity (Wildman–Crippen MR) is 76.8 cm³/mol. The number of amides is 1. The number of fused-ring (bicyclic) bond motifs is 1. The van der Waals surface area contributed by atoms with E-state index in [0.717, 1.165) is 17.1 Å². The zero-order chi connectivity index (χ0) is 13.2. The Labute approximate surface area is 114 Å². The number of anilines is 1. The van der Waals surface area contributed by atoms with Crippen LogP contribution >= 0.6 is 11.3 Å². The van der Waals surface area contributed by atoms with Crippen LogP contribution in [0.4, 0.5) is 5.69 Å². The summed E-state index contributed by atoms with van der Waals surface area (Å²) in [7, 11) is 0. The fraction of sp³-hybridized carbons (Fsp3) is 0.143. The quantitative estimate of drug-likeness (QED) is 0.795. The summed E-state index contributed by atoms with van der Waals surface area (Å²) in [5.74, 6) is -0.117. The molecule has 0 radical (unpaired) electrons. The maximum atomic E-state index is 12.2. The summed E-state index contributed by atoms with van der Waals surface area (Å²) in [5, 5.41) is 4.71. The Kier molecular flexibility index (Phi) is 3.05. The number of aromatic nitrogens is 2. The molecule has 1 aromatic carbocycles. The van der Waals surface area contributed by atoms with Crippen LogP contribution in [-0.2, 0) is 6.42 Å². The number of rotatable bonds is 3. The normalized spacial score (nSPS) is 10.8. The first-order chi connectivity index (χ1) is 9.28. The Balaban J connectivity index is 1.82. The fourth-order valence-corrected chi connectivity index (χ4v) is 2.74. The van der Waals surface area contributed by atoms with E-state index in [2.05, 4.69) is 17.2 Å². The van der Waals surface area contributed by atoms with Crippen LogP contribution in [0.15, 0.2) is 42.0 Å². The van der Waals surface area contributed by atoms with Crippen molar-refractivity contribution in [3.8, 4) is 0 Å². The van der Waals surface area contributed by atoms with Crippen molar-refractivity contribution in [3.63, 3.8) is 0 Å². The molecule has 0 aliphatic heterocycles. The van der Waals surface area contributed by atoms with E-state index in [1.165, 1.54) is 16.9 Å². The van der Waals surface area contributed by atoms with Gasteiger partial charge in [0, 0.05) is 23.5 Å². The van der Waals surface area contributed by atoms with Gasteiger partial charge in [0.05, 0.1) is 0 Å². The van der Waals surface area contributed by atoms with E-state index in [9.17, 15) is 4.79 Å². The minimum absolute atomic E-state index is 0.117. The minimum atomic E-state index is -0.117. The molecule has 1 N–H and O–H groups in total. The number of nitrogens with zero attached hydrogens (tertiary/aromatic N) is 2. The molecule has 96 valence electrons. The number of carbonyl (C=O) groups excluding carboxylic acids is 1. The molecule has 2 aromatic heterocycles. The zero-order valence-corrected chi connectivity index (χ0v) is 11.3. The van der Waals surface area contributed by atoms with Crippen LogP contribution in [0, 0.1) is 0 Å². The molecule has 0 aliphatic rings. The maximum absolute atomic E-state index is 12.2. The molecule has 2 heterocycles. The molecule has 1 amide bonds. The van der Waals surface area contributed by atoms with Gasteiger partial charge in [-0.05, 0) is 24.1 Å². The number of imidazole rings is 1. The van der Waals surface area contributed by atoms with Gasteiger partial charge in [0.25, 0.3) is 5.91 Å². The van der Waals surface area contributed by atoms with E-state index in [-0.39, 0.29) is 5.91 Å². The number of thiazole rings is 1. The van der Waals surface area contributed by atoms with Crippen LogP contribution in [0.1, 0.15) is 23.0 Å². The summed E-state index contributed by atoms with van der Waals surface area (Å²) in [4.78, 5) is 17.2. The lowest BCUT2D eigenvalue weighted by atomic mass is 10.1. The van der Waals surface area contributed by atoms with Crippen molar-refractivity contribution >= 4 is 27.9 Å². The number of benzene rings is 1. The molecule has 0 spiro atoms. The highest BCUT2D eigenvalue weighted by Crippen LogP contribution is 2.17. The van der Waals surface area contributed by atoms with Crippen molar-refractivity contribution in [1.29, 1.82) is 0 Å². The van der Waals surface area contributed by atoms with Gasteiger partial charge in [-0.15, -0.1) is 11.3 Å². The average molecular weight is 271 g/mol. The SMILES string of the molecule is CCc1ccc(NC(=O)c2csc3nccn23)cc1. The van der Waals surface area contributed by atoms with Gasteiger partial charge in [0.2, 0.25) is 0 Å². The third kappa shape index (κ3) is 2.24. The lowest BCUT2D eigenvalue weighted by Gasteiger charge is -2.05. The molecular weight excluding hydrogens is 258 g/mol. The van der Waals surface area contributed by atoms with Crippen molar-refractivity contribution in [2.24, 2.45) is 0 Å². The van der Waals surface area contributed by atoms with Crippen LogP contribution in [-0.4, -0.2) is 15.3 Å². The second-order valence-corrected chi connectivity index (χ2v) is 5.04. The first-order valence-electron chi connectivity index (χ1n) is 6.09. The van der Waals surface area contributed by atoms with Gasteiger partial charge in [0.1, 0.15) is 5.69 Å². The van der Waals surface area contributed by atoms with Crippen molar-refractivity contribution in [3.05, 3.63) is 53.3 Å². The summed E-state index contributed by atoms with van der Waals surface area (Å²) >= 11 is 1.46. The third-order valence-corrected chi connectivity index (χ3v) is 3.85. The smallest absolute Gasteiger partial charge is 0.273 e. The monoisotopic (exact) mass is 271 g/mol. The lowest BCUT2D eigenvalue weighted by molar-refractivity contribution is 0.102. The van der Waals surface area contributed by atoms with E-state index in [4.69, 9.17) is 0 Å². The Morgan fingerprint density at radius 2 is 2.16 bits per heavy atom. The summed E-state index contributed by atoms with van der Waals surface area (Å²) in [6.07, 6.45) is 4.48. The minimum Gasteiger partial charge on any atom is -0.321 e. The van der Waals surface area contributed by atoms with Crippen molar-refractivity contribution in [2.45, 2.75) is 13.3 Å². The van der Waals surface area contributed by atoms with Crippen LogP contribution in [0.3, 0.4) is 0 Å². The molecular formula is C14H13N3OS. The molecule has 0 fully saturated rings. The summed E-state index contributed by atoms with van der Waals surface area (Å²) in [6, 6.07) is 7.90. The molecule has 3 aromatic rings. The second-order valence-electron chi connectivity index (χ2n) is 4.21. The number of aryl methyl sites for hydroxylation is 1. The van der Waals surface area contributed by atoms with Crippen molar-refractivity contribution in [2.75, 3.05) is 5.32 Å². The van der Waals surface area contributed by atoms with Gasteiger partial charge in [-0.25, -0.2) is 4.98 Å². The summed E-state index contributed by atoms with van der Waals surface area (Å²) < 4.78 is 1.79. The molecule has 19 heavy (non-hydrogen) atoms. The number of nitrogens with one attached hydrogen (secondary N) is 1. The topological polar surface area (TPSA) is 46.4 Å². The van der Waals surface area contributed by atoms with Crippen LogP contribution < -0.4 is 5.32 Å². The van der Waals surface area contributed by atoms with Gasteiger partial charge in [-0.1, -0.05) is 19.1 Å². The molecule has 0 atom stereocenters. The lowest BCUT2D eigenvalue weighted by Crippen LogP contribution is -2.13. The van der Waals surface area contributed by atoms with Crippen LogP contribution in [0.25, 0.3) is 4.96 Å². The number of hydrogen-bond donors (Lipinski definition) is 1. The standard InChI is InChI=1S/C14H13N3OS/c1-2-10-3-5-11(6-4-10)16-13(18)12-9-19-14-15-7-8-17(12)14/h3-9H,2H2,1H3,(H,16,18). The van der Waals surface area contributed by atoms with Crippen molar-refractivity contribution in [1.82, 2.24) is 9.38 Å². The van der Waals surface area contributed by atoms with Gasteiger partial charge < -0.3 is 5.32 Å². The van der Waals surface area contributed by atoms with Gasteiger partial charge >= 0.3 is 0 Å². The van der Waals surface area contributed by atoms with Crippen LogP contribution in [0.2, 0.25) is 0 Å². The first-order valence-corrected chi connectivity index (χ1v) is 6.96. The molecule has 0 unspecified atom stereocenters. The second kappa shape index (κ2) is 4.85. The highest BCUT2D eigenvalue weighted by atomic mass is 32.1. The van der Waals surface area contributed by atoms with E-state index in [1.807, 2.05) is 29.6 Å². The van der Waals surface area contributed by atoms with E-state index >= 15 is 0 Å². The molecule has 0 saturated carbocycles. The fourth-order valence-electron chi connectivity index (χ4n) is 1.91. The number of hydrogen-bond acceptors (Lipinski definition) is 3. The zero-order valence-electron chi connectivity index (χ0n) is 10.5. The summed E-state index contributed by atoms with van der Waals surface area (Å²) in [6.45, 7) is 2.11. The Morgan fingerprint density at radius 1 is 1.37 bits per heavy atom. The Morgan fingerprint density at radius 3 is 2.89 bits per heavy atom. The van der Waals surface area contributed by atoms with E-state index < -0.39 is 0 Å². The molecule has 0 aliphatic carbocycles. The van der Waals surface area contributed by atoms with Crippen LogP contribution in [0.5, 0.6) is 0 Å². The summed E-state index contributed by atoms with van der Waals surface area (Å²) in [5.41, 5.74) is 2.67. The van der Waals surface area contributed by atoms with Crippen molar-refractivity contribution < 1.29 is 4.79 Å². The molecule has 0 saturated heterocycles. The molecule has 4 nitrogen and oxygen atoms in total. The molecule has 5 heteroatoms. The average Bonchev–Trinajstić information content (AvgIpc) is 3.01. The van der Waals surface area contributed by atoms with Gasteiger partial charge in [0.15, 0.2) is 4.96 Å². The predicted octanol–water partition coefficient (Wildman–Crippen LogP) is 3.21. The largest absolute Gasteiger partial charge is 0.321 e. The van der Waals surface area contributed by atoms with Gasteiger partial charge in [-0.2, -0.15) is 0 Å². The highest BCUT2D eigenvalue weighted by molar-refractivity contribution is 7.15. The maximum Gasteiger partial charge on any atom is 0.273 e. The first kappa shape index (κ1) is 11.9. The molecule has 0 bridgehead atoms. The Bertz CT molecular complexity index is 712. The van der Waals surface area contributed by atoms with E-state index in [0.29, 0.717) is 5.69 Å². The Hall–Kier alpha value is -2.14. The van der Waals surface area contributed by atoms with E-state index in [1.54, 1.807) is 16.8 Å². The van der Waals surface area contributed by atoms with Gasteiger partial charge in [-0.3, -0.25) is 9.20 Å². The molecule has 3 rings (SSSR count).